The van der Waals surface area contributed by atoms with Gasteiger partial charge in [-0.15, -0.1) is 0 Å². The number of halogens is 1. The Morgan fingerprint density at radius 3 is 2.58 bits per heavy atom. The van der Waals surface area contributed by atoms with E-state index in [-0.39, 0.29) is 17.8 Å². The van der Waals surface area contributed by atoms with Crippen molar-refractivity contribution in [1.82, 2.24) is 4.98 Å². The predicted octanol–water partition coefficient (Wildman–Crippen LogP) is 5.20. The van der Waals surface area contributed by atoms with Crippen LogP contribution in [0.1, 0.15) is 49.1 Å². The van der Waals surface area contributed by atoms with Gasteiger partial charge in [-0.2, -0.15) is 0 Å². The minimum Gasteiger partial charge on any atom is -0.479 e. The Bertz CT molecular complexity index is 1650. The van der Waals surface area contributed by atoms with E-state index < -0.39 is 33.5 Å². The van der Waals surface area contributed by atoms with Crippen LogP contribution in [0.3, 0.4) is 0 Å². The Kier molecular flexibility index (Phi) is 6.78. The number of hydrogen-bond donors (Lipinski definition) is 2. The van der Waals surface area contributed by atoms with E-state index in [2.05, 4.69) is 10.3 Å². The third-order valence-electron chi connectivity index (χ3n) is 7.08. The Hall–Kier alpha value is -3.70. The number of nitrogens with zero attached hydrogens (tertiary/aromatic N) is 2. The number of rotatable bonds is 5. The summed E-state index contributed by atoms with van der Waals surface area (Å²) < 4.78 is 54.7. The lowest BCUT2D eigenvalue weighted by Gasteiger charge is -2.37. The topological polar surface area (TPSA) is 118 Å². The second kappa shape index (κ2) is 9.74. The van der Waals surface area contributed by atoms with Gasteiger partial charge in [-0.05, 0) is 69.0 Å². The normalized spacial score (nSPS) is 15.3. The zero-order valence-corrected chi connectivity index (χ0v) is 24.1. The second-order valence-corrected chi connectivity index (χ2v) is 13.0. The largest absolute Gasteiger partial charge is 0.479 e. The molecule has 11 heteroatoms. The van der Waals surface area contributed by atoms with Crippen LogP contribution in [0.2, 0.25) is 0 Å². The van der Waals surface area contributed by atoms with E-state index in [4.69, 9.17) is 9.47 Å². The van der Waals surface area contributed by atoms with Gasteiger partial charge in [0.1, 0.15) is 12.4 Å². The van der Waals surface area contributed by atoms with E-state index >= 15 is 4.39 Å². The zero-order valence-electron chi connectivity index (χ0n) is 23.3. The Labute approximate surface area is 233 Å². The average Bonchev–Trinajstić information content (AvgIpc) is 2.87. The number of hydrogen-bond acceptors (Lipinski definition) is 7. The standard InChI is InChI=1S/C29H32FN3O6S/c1-15-21(18-12-20-27(32-13-18)38-11-10-31-20)23(26(28(34)35)39-29(3,4)5)16(2)25-22(15)24-17(8-7-9-19(24)30)14-33(25)40(6,36)37/h7-9,12-13,26,31H,10-11,14H2,1-6H3,(H,34,35)/t26-/m0/s1. The van der Waals surface area contributed by atoms with Crippen molar-refractivity contribution in [3.05, 3.63) is 58.5 Å². The number of ether oxygens (including phenoxy) is 2. The van der Waals surface area contributed by atoms with E-state index in [1.54, 1.807) is 52.9 Å². The first-order chi connectivity index (χ1) is 18.7. The summed E-state index contributed by atoms with van der Waals surface area (Å²) in [7, 11) is -3.84. The molecule has 0 bridgehead atoms. The van der Waals surface area contributed by atoms with Crippen LogP contribution < -0.4 is 14.4 Å². The molecule has 3 aromatic rings. The van der Waals surface area contributed by atoms with Crippen LogP contribution in [0.5, 0.6) is 5.88 Å². The fourth-order valence-corrected chi connectivity index (χ4v) is 6.51. The quantitative estimate of drug-likeness (QED) is 0.431. The number of aromatic nitrogens is 1. The van der Waals surface area contributed by atoms with Crippen LogP contribution in [-0.4, -0.2) is 49.5 Å². The molecule has 2 aliphatic heterocycles. The maximum absolute atomic E-state index is 15.5. The van der Waals surface area contributed by atoms with Gasteiger partial charge in [-0.1, -0.05) is 12.1 Å². The van der Waals surface area contributed by atoms with Gasteiger partial charge in [0.05, 0.1) is 29.8 Å². The van der Waals surface area contributed by atoms with Crippen molar-refractivity contribution >= 4 is 27.4 Å². The highest BCUT2D eigenvalue weighted by Crippen LogP contribution is 2.52. The summed E-state index contributed by atoms with van der Waals surface area (Å²) in [4.78, 5) is 17.3. The van der Waals surface area contributed by atoms with Gasteiger partial charge < -0.3 is 19.9 Å². The number of nitrogens with one attached hydrogen (secondary N) is 1. The lowest BCUT2D eigenvalue weighted by atomic mass is 9.80. The summed E-state index contributed by atoms with van der Waals surface area (Å²) in [6.45, 7) is 9.60. The molecule has 0 saturated heterocycles. The minimum atomic E-state index is -3.84. The maximum Gasteiger partial charge on any atom is 0.337 e. The fourth-order valence-electron chi connectivity index (χ4n) is 5.57. The first-order valence-corrected chi connectivity index (χ1v) is 14.7. The smallest absolute Gasteiger partial charge is 0.337 e. The molecule has 0 unspecified atom stereocenters. The van der Waals surface area contributed by atoms with Crippen molar-refractivity contribution in [2.24, 2.45) is 0 Å². The lowest BCUT2D eigenvalue weighted by molar-refractivity contribution is -0.160. The highest BCUT2D eigenvalue weighted by atomic mass is 32.2. The van der Waals surface area contributed by atoms with Gasteiger partial charge in [-0.3, -0.25) is 4.31 Å². The Morgan fingerprint density at radius 2 is 1.93 bits per heavy atom. The average molecular weight is 570 g/mol. The van der Waals surface area contributed by atoms with Crippen molar-refractivity contribution in [2.45, 2.75) is 52.9 Å². The number of fused-ring (bicyclic) bond motifs is 4. The number of carboxylic acid groups (broad SMARTS) is 1. The van der Waals surface area contributed by atoms with E-state index in [0.29, 0.717) is 63.7 Å². The molecule has 9 nitrogen and oxygen atoms in total. The molecular formula is C29H32FN3O6S. The number of anilines is 2. The lowest BCUT2D eigenvalue weighted by Crippen LogP contribution is -2.35. The summed E-state index contributed by atoms with van der Waals surface area (Å²) in [6, 6.07) is 6.40. The van der Waals surface area contributed by atoms with E-state index in [1.165, 1.54) is 10.4 Å². The molecule has 1 aromatic heterocycles. The highest BCUT2D eigenvalue weighted by Gasteiger charge is 2.39. The SMILES string of the molecule is Cc1c(-c2cnc3c(c2)NCCO3)c([C@H](OC(C)(C)C)C(=O)O)c(C)c2c1-c1c(F)cccc1CN2S(C)(=O)=O. The van der Waals surface area contributed by atoms with E-state index in [1.807, 2.05) is 6.07 Å². The third-order valence-corrected chi connectivity index (χ3v) is 8.20. The van der Waals surface area contributed by atoms with Crippen molar-refractivity contribution < 1.29 is 32.2 Å². The van der Waals surface area contributed by atoms with E-state index in [0.717, 1.165) is 6.26 Å². The zero-order chi connectivity index (χ0) is 29.1. The van der Waals surface area contributed by atoms with Gasteiger partial charge >= 0.3 is 5.97 Å². The first kappa shape index (κ1) is 27.9. The van der Waals surface area contributed by atoms with Gasteiger partial charge in [0.2, 0.25) is 15.9 Å². The highest BCUT2D eigenvalue weighted by molar-refractivity contribution is 7.92. The van der Waals surface area contributed by atoms with Crippen molar-refractivity contribution in [1.29, 1.82) is 0 Å². The molecule has 5 rings (SSSR count). The summed E-state index contributed by atoms with van der Waals surface area (Å²) in [5.74, 6) is -1.31. The van der Waals surface area contributed by atoms with Crippen molar-refractivity contribution in [3.8, 4) is 28.1 Å². The molecule has 2 aromatic carbocycles. The van der Waals surface area contributed by atoms with Crippen LogP contribution in [-0.2, 0) is 26.1 Å². The van der Waals surface area contributed by atoms with Crippen LogP contribution in [0.4, 0.5) is 15.8 Å². The molecule has 0 aliphatic carbocycles. The number of sulfonamides is 1. The Morgan fingerprint density at radius 1 is 1.20 bits per heavy atom. The van der Waals surface area contributed by atoms with Gasteiger partial charge in [0.15, 0.2) is 6.10 Å². The van der Waals surface area contributed by atoms with Gasteiger partial charge in [-0.25, -0.2) is 22.6 Å². The number of aliphatic carboxylic acids is 1. The monoisotopic (exact) mass is 569 g/mol. The molecule has 0 fully saturated rings. The van der Waals surface area contributed by atoms with Crippen molar-refractivity contribution in [2.75, 3.05) is 29.0 Å². The predicted molar refractivity (Wildman–Crippen MR) is 151 cm³/mol. The van der Waals surface area contributed by atoms with Crippen molar-refractivity contribution in [3.63, 3.8) is 0 Å². The summed E-state index contributed by atoms with van der Waals surface area (Å²) in [5.41, 5.74) is 3.44. The van der Waals surface area contributed by atoms with Gasteiger partial charge in [0, 0.05) is 35.0 Å². The molecular weight excluding hydrogens is 537 g/mol. The molecule has 0 radical (unpaired) electrons. The number of pyridine rings is 1. The summed E-state index contributed by atoms with van der Waals surface area (Å²) in [5, 5.41) is 13.7. The molecule has 1 atom stereocenters. The molecule has 212 valence electrons. The first-order valence-electron chi connectivity index (χ1n) is 12.9. The van der Waals surface area contributed by atoms with Crippen LogP contribution in [0.25, 0.3) is 22.3 Å². The molecule has 0 amide bonds. The molecule has 40 heavy (non-hydrogen) atoms. The third kappa shape index (κ3) is 4.77. The van der Waals surface area contributed by atoms with Crippen LogP contribution in [0, 0.1) is 19.7 Å². The molecule has 2 N–H and O–H groups in total. The van der Waals surface area contributed by atoms with Crippen LogP contribution >= 0.6 is 0 Å². The number of carbonyl (C=O) groups is 1. The Balaban J connectivity index is 1.95. The van der Waals surface area contributed by atoms with Crippen LogP contribution in [0.15, 0.2) is 30.5 Å². The number of carboxylic acids is 1. The molecule has 0 spiro atoms. The molecule has 3 heterocycles. The van der Waals surface area contributed by atoms with Gasteiger partial charge in [0.25, 0.3) is 0 Å². The number of benzene rings is 2. The second-order valence-electron chi connectivity index (χ2n) is 11.1. The summed E-state index contributed by atoms with van der Waals surface area (Å²) >= 11 is 0. The molecule has 0 saturated carbocycles. The fraction of sp³-hybridized carbons (Fsp3) is 0.379. The molecule has 2 aliphatic rings. The summed E-state index contributed by atoms with van der Waals surface area (Å²) in [6.07, 6.45) is 1.21. The van der Waals surface area contributed by atoms with E-state index in [9.17, 15) is 18.3 Å². The minimum absolute atomic E-state index is 0.0858. The maximum atomic E-state index is 15.5.